The third kappa shape index (κ3) is 0.966. The molecule has 2 rings (SSSR count). The molecule has 12 heavy (non-hydrogen) atoms. The zero-order valence-electron chi connectivity index (χ0n) is 7.00. The molecule has 2 heterocycles. The van der Waals surface area contributed by atoms with E-state index in [0.29, 0.717) is 0 Å². The molecule has 0 bridgehead atoms. The molecule has 0 aliphatic heterocycles. The van der Waals surface area contributed by atoms with E-state index < -0.39 is 0 Å². The van der Waals surface area contributed by atoms with E-state index in [0.717, 1.165) is 10.1 Å². The molecule has 3 heteroatoms. The second kappa shape index (κ2) is 2.59. The van der Waals surface area contributed by atoms with Gasteiger partial charge >= 0.3 is 0 Å². The summed E-state index contributed by atoms with van der Waals surface area (Å²) >= 11 is 3.51. The Bertz CT molecular complexity index is 431. The molecule has 0 aliphatic carbocycles. The summed E-state index contributed by atoms with van der Waals surface area (Å²) in [6.07, 6.45) is 3.87. The Morgan fingerprint density at radius 2 is 2.25 bits per heavy atom. The number of aryl methyl sites for hydroxylation is 2. The summed E-state index contributed by atoms with van der Waals surface area (Å²) in [7, 11) is 2.00. The first-order valence-electron chi connectivity index (χ1n) is 3.76. The zero-order valence-corrected chi connectivity index (χ0v) is 8.59. The summed E-state index contributed by atoms with van der Waals surface area (Å²) in [5, 5.41) is 1.21. The van der Waals surface area contributed by atoms with Gasteiger partial charge in [0, 0.05) is 29.3 Å². The quantitative estimate of drug-likeness (QED) is 0.673. The number of fused-ring (bicyclic) bond motifs is 1. The average molecular weight is 225 g/mol. The molecule has 0 saturated carbocycles. The van der Waals surface area contributed by atoms with Crippen LogP contribution in [0.4, 0.5) is 0 Å². The van der Waals surface area contributed by atoms with Crippen molar-refractivity contribution < 1.29 is 0 Å². The predicted molar refractivity (Wildman–Crippen MR) is 53.2 cm³/mol. The van der Waals surface area contributed by atoms with Gasteiger partial charge in [-0.3, -0.25) is 0 Å². The van der Waals surface area contributed by atoms with Crippen molar-refractivity contribution >= 4 is 27.0 Å². The van der Waals surface area contributed by atoms with Gasteiger partial charge in [0.15, 0.2) is 0 Å². The summed E-state index contributed by atoms with van der Waals surface area (Å²) in [4.78, 5) is 4.30. The van der Waals surface area contributed by atoms with Crippen molar-refractivity contribution in [3.05, 3.63) is 28.5 Å². The highest BCUT2D eigenvalue weighted by molar-refractivity contribution is 9.10. The molecule has 0 N–H and O–H groups in total. The molecule has 0 saturated heterocycles. The number of nitrogens with zero attached hydrogens (tertiary/aromatic N) is 2. The third-order valence-corrected chi connectivity index (χ3v) is 2.62. The molecule has 0 atom stereocenters. The fraction of sp³-hybridized carbons (Fsp3) is 0.222. The van der Waals surface area contributed by atoms with Gasteiger partial charge in [-0.25, -0.2) is 4.98 Å². The van der Waals surface area contributed by atoms with Gasteiger partial charge in [0.25, 0.3) is 0 Å². The van der Waals surface area contributed by atoms with Gasteiger partial charge < -0.3 is 4.57 Å². The first-order chi connectivity index (χ1) is 5.70. The van der Waals surface area contributed by atoms with Crippen molar-refractivity contribution in [2.24, 2.45) is 7.05 Å². The van der Waals surface area contributed by atoms with Crippen LogP contribution < -0.4 is 0 Å². The Morgan fingerprint density at radius 1 is 1.50 bits per heavy atom. The first-order valence-corrected chi connectivity index (χ1v) is 4.55. The molecular formula is C9H9BrN2. The van der Waals surface area contributed by atoms with Crippen LogP contribution in [0.15, 0.2) is 22.9 Å². The minimum atomic E-state index is 1.03. The number of aromatic nitrogens is 2. The highest BCUT2D eigenvalue weighted by atomic mass is 79.9. The van der Waals surface area contributed by atoms with Crippen molar-refractivity contribution in [2.45, 2.75) is 6.92 Å². The van der Waals surface area contributed by atoms with Crippen LogP contribution in [0.3, 0.4) is 0 Å². The lowest BCUT2D eigenvalue weighted by atomic mass is 10.2. The summed E-state index contributed by atoms with van der Waals surface area (Å²) in [5.74, 6) is 0. The largest absolute Gasteiger partial charge is 0.334 e. The minimum Gasteiger partial charge on any atom is -0.334 e. The van der Waals surface area contributed by atoms with E-state index >= 15 is 0 Å². The Balaban J connectivity index is 2.99. The normalized spacial score (nSPS) is 10.9. The predicted octanol–water partition coefficient (Wildman–Crippen LogP) is 2.64. The fourth-order valence-electron chi connectivity index (χ4n) is 1.40. The zero-order chi connectivity index (χ0) is 8.72. The van der Waals surface area contributed by atoms with Crippen molar-refractivity contribution in [3.8, 4) is 0 Å². The highest BCUT2D eigenvalue weighted by Gasteiger charge is 2.06. The summed E-state index contributed by atoms with van der Waals surface area (Å²) in [5.41, 5.74) is 2.29. The van der Waals surface area contributed by atoms with Gasteiger partial charge in [-0.15, -0.1) is 0 Å². The van der Waals surface area contributed by atoms with Crippen LogP contribution in [0.5, 0.6) is 0 Å². The lowest BCUT2D eigenvalue weighted by Crippen LogP contribution is -1.87. The molecule has 62 valence electrons. The fourth-order valence-corrected chi connectivity index (χ4v) is 2.20. The summed E-state index contributed by atoms with van der Waals surface area (Å²) in [6, 6.07) is 2.02. The Hall–Kier alpha value is -0.830. The van der Waals surface area contributed by atoms with Crippen LogP contribution in [-0.2, 0) is 7.05 Å². The van der Waals surface area contributed by atoms with Gasteiger partial charge in [0.1, 0.15) is 5.65 Å². The van der Waals surface area contributed by atoms with E-state index in [1.54, 1.807) is 0 Å². The van der Waals surface area contributed by atoms with Crippen LogP contribution in [0.2, 0.25) is 0 Å². The van der Waals surface area contributed by atoms with Crippen molar-refractivity contribution in [3.63, 3.8) is 0 Å². The van der Waals surface area contributed by atoms with Crippen molar-refractivity contribution in [1.82, 2.24) is 9.55 Å². The van der Waals surface area contributed by atoms with E-state index in [4.69, 9.17) is 0 Å². The van der Waals surface area contributed by atoms with Crippen LogP contribution in [0, 0.1) is 6.92 Å². The second-order valence-corrected chi connectivity index (χ2v) is 3.77. The highest BCUT2D eigenvalue weighted by Crippen LogP contribution is 2.26. The molecule has 0 radical (unpaired) electrons. The standard InChI is InChI=1S/C9H9BrN2/c1-6-3-4-11-9-8(6)7(10)5-12(9)2/h3-5H,1-2H3. The van der Waals surface area contributed by atoms with Crippen LogP contribution in [0.25, 0.3) is 11.0 Å². The topological polar surface area (TPSA) is 17.8 Å². The van der Waals surface area contributed by atoms with Crippen molar-refractivity contribution in [1.29, 1.82) is 0 Å². The molecule has 0 aliphatic rings. The Morgan fingerprint density at radius 3 is 2.92 bits per heavy atom. The smallest absolute Gasteiger partial charge is 0.141 e. The SMILES string of the molecule is Cc1ccnc2c1c(Br)cn2C. The Labute approximate surface area is 79.3 Å². The lowest BCUT2D eigenvalue weighted by Gasteiger charge is -1.96. The van der Waals surface area contributed by atoms with Gasteiger partial charge in [0.05, 0.1) is 0 Å². The summed E-state index contributed by atoms with van der Waals surface area (Å²) in [6.45, 7) is 2.09. The van der Waals surface area contributed by atoms with Crippen LogP contribution >= 0.6 is 15.9 Å². The maximum absolute atomic E-state index is 4.30. The van der Waals surface area contributed by atoms with Crippen molar-refractivity contribution in [2.75, 3.05) is 0 Å². The van der Waals surface area contributed by atoms with E-state index in [1.165, 1.54) is 10.9 Å². The number of rotatable bonds is 0. The van der Waals surface area contributed by atoms with Gasteiger partial charge in [0.2, 0.25) is 0 Å². The lowest BCUT2D eigenvalue weighted by molar-refractivity contribution is 0.946. The molecule has 2 aromatic heterocycles. The maximum atomic E-state index is 4.30. The number of hydrogen-bond acceptors (Lipinski definition) is 1. The second-order valence-electron chi connectivity index (χ2n) is 2.91. The van der Waals surface area contributed by atoms with Gasteiger partial charge in [-0.05, 0) is 34.5 Å². The van der Waals surface area contributed by atoms with E-state index in [2.05, 4.69) is 27.8 Å². The van der Waals surface area contributed by atoms with Gasteiger partial charge in [-0.2, -0.15) is 0 Å². The number of hydrogen-bond donors (Lipinski definition) is 0. The minimum absolute atomic E-state index is 1.03. The molecule has 0 spiro atoms. The van der Waals surface area contributed by atoms with E-state index in [9.17, 15) is 0 Å². The maximum Gasteiger partial charge on any atom is 0.141 e. The molecule has 2 aromatic rings. The first kappa shape index (κ1) is 7.80. The Kier molecular flexibility index (Phi) is 1.68. The third-order valence-electron chi connectivity index (χ3n) is 2.02. The van der Waals surface area contributed by atoms with Crippen LogP contribution in [-0.4, -0.2) is 9.55 Å². The molecule has 0 aromatic carbocycles. The summed E-state index contributed by atoms with van der Waals surface area (Å²) < 4.78 is 3.14. The molecule has 0 fully saturated rings. The molecule has 0 amide bonds. The molecule has 0 unspecified atom stereocenters. The number of pyridine rings is 1. The van der Waals surface area contributed by atoms with Gasteiger partial charge in [-0.1, -0.05) is 0 Å². The van der Waals surface area contributed by atoms with Crippen LogP contribution in [0.1, 0.15) is 5.56 Å². The number of halogens is 1. The van der Waals surface area contributed by atoms with E-state index in [-0.39, 0.29) is 0 Å². The average Bonchev–Trinajstić information content (AvgIpc) is 2.29. The molecule has 2 nitrogen and oxygen atoms in total. The van der Waals surface area contributed by atoms with E-state index in [1.807, 2.05) is 30.1 Å². The monoisotopic (exact) mass is 224 g/mol. The molecular weight excluding hydrogens is 216 g/mol.